The quantitative estimate of drug-likeness (QED) is 0.183. The first-order chi connectivity index (χ1) is 27.2. The van der Waals surface area contributed by atoms with Crippen molar-refractivity contribution >= 4 is 65.6 Å². The molecule has 0 aliphatic carbocycles. The molecule has 0 saturated carbocycles. The van der Waals surface area contributed by atoms with Crippen LogP contribution < -0.4 is 0 Å². The van der Waals surface area contributed by atoms with Crippen LogP contribution >= 0.6 is 0 Å². The van der Waals surface area contributed by atoms with Gasteiger partial charge < -0.3 is 13.6 Å². The van der Waals surface area contributed by atoms with E-state index in [4.69, 9.17) is 4.42 Å². The van der Waals surface area contributed by atoms with Crippen LogP contribution in [-0.4, -0.2) is 9.13 Å². The summed E-state index contributed by atoms with van der Waals surface area (Å²) in [5.41, 5.74) is 12.1. The molecule has 0 aliphatic rings. The first-order valence-corrected chi connectivity index (χ1v) is 18.2. The summed E-state index contributed by atoms with van der Waals surface area (Å²) in [6.45, 7) is 0. The Balaban J connectivity index is 1.26. The fourth-order valence-corrected chi connectivity index (χ4v) is 8.68. The average molecular weight is 701 g/mol. The third-order valence-electron chi connectivity index (χ3n) is 11.0. The molecule has 0 aliphatic heterocycles. The van der Waals surface area contributed by atoms with Gasteiger partial charge in [-0.25, -0.2) is 0 Å². The van der Waals surface area contributed by atoms with Crippen LogP contribution in [0.25, 0.3) is 99.2 Å². The zero-order valence-corrected chi connectivity index (χ0v) is 29.4. The monoisotopic (exact) mass is 700 g/mol. The van der Waals surface area contributed by atoms with E-state index in [1.165, 1.54) is 10.8 Å². The van der Waals surface area contributed by atoms with Crippen LogP contribution in [0.5, 0.6) is 0 Å². The molecular formula is C50H28N4O. The molecule has 0 amide bonds. The predicted octanol–water partition coefficient (Wildman–Crippen LogP) is 12.9. The van der Waals surface area contributed by atoms with Crippen LogP contribution in [-0.2, 0) is 0 Å². The van der Waals surface area contributed by atoms with Gasteiger partial charge in [-0.05, 0) is 66.2 Å². The second-order valence-corrected chi connectivity index (χ2v) is 13.9. The Kier molecular flexibility index (Phi) is 6.61. The summed E-state index contributed by atoms with van der Waals surface area (Å²) in [5, 5.41) is 27.5. The third kappa shape index (κ3) is 4.45. The number of benzene rings is 8. The van der Waals surface area contributed by atoms with Gasteiger partial charge in [-0.1, -0.05) is 109 Å². The molecule has 55 heavy (non-hydrogen) atoms. The minimum absolute atomic E-state index is 0.515. The number of hydrogen-bond donors (Lipinski definition) is 0. The summed E-state index contributed by atoms with van der Waals surface area (Å²) < 4.78 is 11.3. The van der Waals surface area contributed by atoms with Crippen molar-refractivity contribution in [2.75, 3.05) is 0 Å². The second-order valence-electron chi connectivity index (χ2n) is 13.9. The third-order valence-corrected chi connectivity index (χ3v) is 11.0. The van der Waals surface area contributed by atoms with Crippen LogP contribution in [0.4, 0.5) is 0 Å². The summed E-state index contributed by atoms with van der Waals surface area (Å²) in [6.07, 6.45) is 0. The molecule has 5 nitrogen and oxygen atoms in total. The minimum Gasteiger partial charge on any atom is -0.455 e. The zero-order valence-electron chi connectivity index (χ0n) is 29.4. The Hall–Kier alpha value is -7.86. The van der Waals surface area contributed by atoms with Gasteiger partial charge in [-0.2, -0.15) is 10.5 Å². The highest BCUT2D eigenvalue weighted by molar-refractivity contribution is 6.24. The largest absolute Gasteiger partial charge is 0.455 e. The number of para-hydroxylation sites is 4. The van der Waals surface area contributed by atoms with Crippen LogP contribution in [0.2, 0.25) is 0 Å². The van der Waals surface area contributed by atoms with Crippen LogP contribution in [0.1, 0.15) is 11.1 Å². The first-order valence-electron chi connectivity index (χ1n) is 18.2. The molecule has 0 spiro atoms. The van der Waals surface area contributed by atoms with Gasteiger partial charge in [0.25, 0.3) is 0 Å². The molecule has 0 unspecified atom stereocenters. The smallest absolute Gasteiger partial charge is 0.145 e. The maximum Gasteiger partial charge on any atom is 0.145 e. The number of nitriles is 2. The molecule has 11 rings (SSSR count). The lowest BCUT2D eigenvalue weighted by molar-refractivity contribution is 0.673. The minimum atomic E-state index is 0.515. The van der Waals surface area contributed by atoms with Gasteiger partial charge in [-0.3, -0.25) is 0 Å². The molecule has 3 heterocycles. The Bertz CT molecular complexity index is 3420. The highest BCUT2D eigenvalue weighted by atomic mass is 16.3. The van der Waals surface area contributed by atoms with E-state index in [1.807, 2.05) is 48.5 Å². The molecule has 0 atom stereocenters. The topological polar surface area (TPSA) is 70.6 Å². The number of rotatable bonds is 4. The lowest BCUT2D eigenvalue weighted by atomic mass is 9.90. The van der Waals surface area contributed by atoms with Crippen LogP contribution in [0.15, 0.2) is 174 Å². The summed E-state index contributed by atoms with van der Waals surface area (Å²) in [4.78, 5) is 0. The lowest BCUT2D eigenvalue weighted by Gasteiger charge is -2.17. The number of nitrogens with zero attached hydrogens (tertiary/aromatic N) is 4. The number of furan rings is 1. The van der Waals surface area contributed by atoms with E-state index >= 15 is 0 Å². The van der Waals surface area contributed by atoms with Crippen LogP contribution in [0.3, 0.4) is 0 Å². The van der Waals surface area contributed by atoms with Crippen molar-refractivity contribution in [2.45, 2.75) is 0 Å². The number of aromatic nitrogens is 2. The van der Waals surface area contributed by atoms with Gasteiger partial charge in [0, 0.05) is 55.0 Å². The Labute approximate surface area is 315 Å². The van der Waals surface area contributed by atoms with E-state index in [2.05, 4.69) is 137 Å². The maximum atomic E-state index is 10.9. The van der Waals surface area contributed by atoms with E-state index in [0.717, 1.165) is 88.4 Å². The Morgan fingerprint density at radius 1 is 0.418 bits per heavy atom. The predicted molar refractivity (Wildman–Crippen MR) is 223 cm³/mol. The van der Waals surface area contributed by atoms with Crippen molar-refractivity contribution in [2.24, 2.45) is 0 Å². The summed E-state index contributed by atoms with van der Waals surface area (Å²) >= 11 is 0. The molecule has 5 heteroatoms. The van der Waals surface area contributed by atoms with Crippen LogP contribution in [0, 0.1) is 22.7 Å². The maximum absolute atomic E-state index is 10.9. The second kappa shape index (κ2) is 11.8. The highest BCUT2D eigenvalue weighted by Gasteiger charge is 2.22. The van der Waals surface area contributed by atoms with Crippen molar-refractivity contribution in [1.29, 1.82) is 10.5 Å². The Morgan fingerprint density at radius 3 is 1.69 bits per heavy atom. The zero-order chi connectivity index (χ0) is 36.6. The van der Waals surface area contributed by atoms with Crippen molar-refractivity contribution in [3.8, 4) is 45.8 Å². The summed E-state index contributed by atoms with van der Waals surface area (Å²) in [6, 6.07) is 62.9. The average Bonchev–Trinajstić information content (AvgIpc) is 3.91. The van der Waals surface area contributed by atoms with Gasteiger partial charge in [0.05, 0.1) is 44.6 Å². The number of hydrogen-bond acceptors (Lipinski definition) is 3. The normalized spacial score (nSPS) is 11.6. The van der Waals surface area contributed by atoms with Crippen molar-refractivity contribution in [3.63, 3.8) is 0 Å². The Morgan fingerprint density at radius 2 is 0.982 bits per heavy atom. The number of fused-ring (bicyclic) bond motifs is 10. The molecular weight excluding hydrogens is 673 g/mol. The van der Waals surface area contributed by atoms with E-state index in [1.54, 1.807) is 6.07 Å². The molecule has 0 bridgehead atoms. The molecule has 0 saturated heterocycles. The molecule has 0 radical (unpaired) electrons. The van der Waals surface area contributed by atoms with Gasteiger partial charge in [0.15, 0.2) is 0 Å². The van der Waals surface area contributed by atoms with E-state index in [0.29, 0.717) is 11.1 Å². The van der Waals surface area contributed by atoms with E-state index in [9.17, 15) is 10.5 Å². The van der Waals surface area contributed by atoms with E-state index < -0.39 is 0 Å². The van der Waals surface area contributed by atoms with Gasteiger partial charge in [-0.15, -0.1) is 0 Å². The van der Waals surface area contributed by atoms with Crippen molar-refractivity contribution in [3.05, 3.63) is 181 Å². The standard InChI is InChI=1S/C50H28N4O/c51-29-31-12-1-2-13-35(31)37-19-11-18-36(43(37)30-52)32-26-33(53-44-20-7-3-14-38(44)39-15-4-8-21-45(39)53)28-34(27-32)54-46-22-9-5-17-42(46)49-47(54)25-24-41-40-16-6-10-23-48(40)55-50(41)49/h1-28H. The molecule has 0 N–H and O–H groups in total. The van der Waals surface area contributed by atoms with Gasteiger partial charge in [0.2, 0.25) is 0 Å². The van der Waals surface area contributed by atoms with Crippen molar-refractivity contribution in [1.82, 2.24) is 9.13 Å². The van der Waals surface area contributed by atoms with E-state index in [-0.39, 0.29) is 0 Å². The summed E-state index contributed by atoms with van der Waals surface area (Å²) in [5.74, 6) is 0. The van der Waals surface area contributed by atoms with Gasteiger partial charge >= 0.3 is 0 Å². The molecule has 8 aromatic carbocycles. The molecule has 0 fully saturated rings. The SMILES string of the molecule is N#Cc1ccccc1-c1cccc(-c2cc(-n3c4ccccc4c4ccccc43)cc(-n3c4ccccc4c4c5oc6ccccc6c5ccc43)c2)c1C#N. The summed E-state index contributed by atoms with van der Waals surface area (Å²) in [7, 11) is 0. The van der Waals surface area contributed by atoms with Crippen molar-refractivity contribution < 1.29 is 4.42 Å². The molecule has 11 aromatic rings. The molecule has 3 aromatic heterocycles. The fraction of sp³-hybridized carbons (Fsp3) is 0. The lowest BCUT2D eigenvalue weighted by Crippen LogP contribution is -2.01. The van der Waals surface area contributed by atoms with Gasteiger partial charge in [0.1, 0.15) is 17.2 Å². The highest BCUT2D eigenvalue weighted by Crippen LogP contribution is 2.43. The molecule has 254 valence electrons. The fourth-order valence-electron chi connectivity index (χ4n) is 8.68. The first kappa shape index (κ1) is 30.7.